The van der Waals surface area contributed by atoms with E-state index < -0.39 is 0 Å². The van der Waals surface area contributed by atoms with Gasteiger partial charge >= 0.3 is 0 Å². The molecule has 9 heteroatoms. The standard InChI is InChI=1S/C25H19N5O3S/c26-14-18-24(33-23(27-18)19-6-3-13-32-19)30-11-9-16(10-12-30)22(31)29-25-28-21-17-5-2-1-4-15(17)7-8-20(21)34-25/h1-8,13,16H,9-12H2,(H,28,29,31). The van der Waals surface area contributed by atoms with Crippen molar-refractivity contribution in [2.45, 2.75) is 12.8 Å². The number of anilines is 2. The van der Waals surface area contributed by atoms with Crippen molar-refractivity contribution in [2.24, 2.45) is 5.92 Å². The maximum atomic E-state index is 13.0. The number of nitrogens with zero attached hydrogens (tertiary/aromatic N) is 4. The molecule has 1 aliphatic heterocycles. The molecule has 6 rings (SSSR count). The molecule has 0 saturated carbocycles. The molecular formula is C25H19N5O3S. The van der Waals surface area contributed by atoms with Crippen LogP contribution in [-0.2, 0) is 4.79 Å². The van der Waals surface area contributed by atoms with Crippen LogP contribution in [0.3, 0.4) is 0 Å². The molecule has 1 aliphatic rings. The lowest BCUT2D eigenvalue weighted by molar-refractivity contribution is -0.120. The van der Waals surface area contributed by atoms with E-state index in [0.29, 0.717) is 42.7 Å². The average Bonchev–Trinajstić information content (AvgIpc) is 3.63. The molecule has 8 nitrogen and oxygen atoms in total. The number of amides is 1. The number of benzene rings is 2. The molecule has 1 amide bonds. The van der Waals surface area contributed by atoms with Gasteiger partial charge in [-0.3, -0.25) is 4.79 Å². The first-order valence-electron chi connectivity index (χ1n) is 11.0. The van der Waals surface area contributed by atoms with Crippen LogP contribution in [0.1, 0.15) is 18.5 Å². The summed E-state index contributed by atoms with van der Waals surface area (Å²) in [6, 6.07) is 17.8. The molecule has 0 unspecified atom stereocenters. The number of oxazole rings is 1. The van der Waals surface area contributed by atoms with Crippen LogP contribution in [-0.4, -0.2) is 29.0 Å². The smallest absolute Gasteiger partial charge is 0.266 e. The van der Waals surface area contributed by atoms with E-state index >= 15 is 0 Å². The second kappa shape index (κ2) is 8.32. The summed E-state index contributed by atoms with van der Waals surface area (Å²) in [7, 11) is 0. The lowest BCUT2D eigenvalue weighted by Crippen LogP contribution is -2.38. The molecule has 2 aromatic carbocycles. The number of thiazole rings is 1. The Morgan fingerprint density at radius 2 is 1.97 bits per heavy atom. The Hall–Kier alpha value is -4.16. The van der Waals surface area contributed by atoms with E-state index in [9.17, 15) is 10.1 Å². The molecule has 168 valence electrons. The first-order valence-corrected chi connectivity index (χ1v) is 11.8. The quantitative estimate of drug-likeness (QED) is 0.374. The van der Waals surface area contributed by atoms with E-state index in [0.717, 1.165) is 21.0 Å². The number of aromatic nitrogens is 2. The molecule has 0 spiro atoms. The zero-order chi connectivity index (χ0) is 23.1. The third-order valence-corrected chi connectivity index (χ3v) is 7.05. The second-order valence-electron chi connectivity index (χ2n) is 8.16. The number of piperidine rings is 1. The molecule has 5 aromatic rings. The van der Waals surface area contributed by atoms with Crippen molar-refractivity contribution in [1.29, 1.82) is 5.26 Å². The highest BCUT2D eigenvalue weighted by atomic mass is 32.1. The number of rotatable bonds is 4. The molecule has 1 saturated heterocycles. The molecule has 0 aliphatic carbocycles. The zero-order valence-corrected chi connectivity index (χ0v) is 18.8. The zero-order valence-electron chi connectivity index (χ0n) is 18.0. The maximum absolute atomic E-state index is 13.0. The first kappa shape index (κ1) is 20.4. The molecular weight excluding hydrogens is 450 g/mol. The van der Waals surface area contributed by atoms with Gasteiger partial charge in [-0.05, 0) is 36.4 Å². The van der Waals surface area contributed by atoms with Gasteiger partial charge in [0.25, 0.3) is 5.89 Å². The number of hydrogen-bond donors (Lipinski definition) is 1. The minimum atomic E-state index is -0.141. The lowest BCUT2D eigenvalue weighted by atomic mass is 9.96. The van der Waals surface area contributed by atoms with Crippen LogP contribution < -0.4 is 10.2 Å². The molecule has 0 bridgehead atoms. The van der Waals surface area contributed by atoms with Gasteiger partial charge in [0.15, 0.2) is 10.9 Å². The van der Waals surface area contributed by atoms with Crippen LogP contribution >= 0.6 is 11.3 Å². The van der Waals surface area contributed by atoms with Gasteiger partial charge in [0.1, 0.15) is 6.07 Å². The normalized spacial score (nSPS) is 14.5. The Bertz CT molecular complexity index is 1540. The van der Waals surface area contributed by atoms with Crippen molar-refractivity contribution in [3.8, 4) is 17.7 Å². The van der Waals surface area contributed by atoms with Gasteiger partial charge in [0, 0.05) is 24.4 Å². The predicted octanol–water partition coefficient (Wildman–Crippen LogP) is 5.42. The van der Waals surface area contributed by atoms with Gasteiger partial charge in [-0.25, -0.2) is 4.98 Å². The van der Waals surface area contributed by atoms with Crippen LogP contribution in [0.15, 0.2) is 63.6 Å². The maximum Gasteiger partial charge on any atom is 0.266 e. The van der Waals surface area contributed by atoms with Gasteiger partial charge in [-0.2, -0.15) is 10.2 Å². The summed E-state index contributed by atoms with van der Waals surface area (Å²) >= 11 is 1.49. The molecule has 0 atom stereocenters. The third-order valence-electron chi connectivity index (χ3n) is 6.11. The van der Waals surface area contributed by atoms with E-state index in [1.54, 1.807) is 12.1 Å². The monoisotopic (exact) mass is 469 g/mol. The molecule has 0 radical (unpaired) electrons. The summed E-state index contributed by atoms with van der Waals surface area (Å²) in [5.74, 6) is 1.00. The molecule has 3 aromatic heterocycles. The van der Waals surface area contributed by atoms with Crippen molar-refractivity contribution in [3.63, 3.8) is 0 Å². The van der Waals surface area contributed by atoms with Gasteiger partial charge in [-0.1, -0.05) is 41.7 Å². The summed E-state index contributed by atoms with van der Waals surface area (Å²) in [6.45, 7) is 1.17. The Kier molecular flexibility index (Phi) is 5.00. The highest BCUT2D eigenvalue weighted by Crippen LogP contribution is 2.34. The minimum absolute atomic E-state index is 0.0302. The number of nitrogens with one attached hydrogen (secondary N) is 1. The Morgan fingerprint density at radius 1 is 1.12 bits per heavy atom. The summed E-state index contributed by atoms with van der Waals surface area (Å²) in [5, 5.41) is 15.3. The van der Waals surface area contributed by atoms with Crippen LogP contribution in [0.25, 0.3) is 32.6 Å². The van der Waals surface area contributed by atoms with Gasteiger partial charge < -0.3 is 19.1 Å². The second-order valence-corrected chi connectivity index (χ2v) is 9.20. The van der Waals surface area contributed by atoms with E-state index in [4.69, 9.17) is 13.8 Å². The number of hydrogen-bond acceptors (Lipinski definition) is 8. The average molecular weight is 470 g/mol. The van der Waals surface area contributed by atoms with Gasteiger partial charge in [0.05, 0.1) is 16.5 Å². The fourth-order valence-electron chi connectivity index (χ4n) is 4.37. The Morgan fingerprint density at radius 3 is 2.76 bits per heavy atom. The molecule has 1 N–H and O–H groups in total. The van der Waals surface area contributed by atoms with Crippen LogP contribution in [0.5, 0.6) is 0 Å². The third kappa shape index (κ3) is 3.58. The minimum Gasteiger partial charge on any atom is -0.459 e. The van der Waals surface area contributed by atoms with Crippen LogP contribution in [0.2, 0.25) is 0 Å². The summed E-state index contributed by atoms with van der Waals surface area (Å²) in [6.07, 6.45) is 2.81. The van der Waals surface area contributed by atoms with Crippen molar-refractivity contribution in [1.82, 2.24) is 9.97 Å². The largest absolute Gasteiger partial charge is 0.459 e. The van der Waals surface area contributed by atoms with E-state index in [1.807, 2.05) is 23.1 Å². The van der Waals surface area contributed by atoms with Gasteiger partial charge in [0.2, 0.25) is 17.5 Å². The number of carbonyl (C=O) groups excluding carboxylic acids is 1. The molecule has 4 heterocycles. The fraction of sp³-hybridized carbons (Fsp3) is 0.200. The number of nitriles is 1. The van der Waals surface area contributed by atoms with Crippen molar-refractivity contribution in [3.05, 3.63) is 60.5 Å². The molecule has 34 heavy (non-hydrogen) atoms. The topological polar surface area (TPSA) is 108 Å². The van der Waals surface area contributed by atoms with Crippen LogP contribution in [0, 0.1) is 17.2 Å². The van der Waals surface area contributed by atoms with Crippen molar-refractivity contribution in [2.75, 3.05) is 23.3 Å². The predicted molar refractivity (Wildman–Crippen MR) is 130 cm³/mol. The lowest BCUT2D eigenvalue weighted by Gasteiger charge is -2.30. The summed E-state index contributed by atoms with van der Waals surface area (Å²) in [4.78, 5) is 23.9. The van der Waals surface area contributed by atoms with E-state index in [2.05, 4.69) is 34.6 Å². The van der Waals surface area contributed by atoms with Crippen molar-refractivity contribution < 1.29 is 13.6 Å². The van der Waals surface area contributed by atoms with Crippen molar-refractivity contribution >= 4 is 49.2 Å². The SMILES string of the molecule is N#Cc1nc(-c2ccco2)oc1N1CCC(C(=O)Nc2nc3c(ccc4ccccc43)s2)CC1. The van der Waals surface area contributed by atoms with E-state index in [1.165, 1.54) is 17.6 Å². The summed E-state index contributed by atoms with van der Waals surface area (Å²) < 4.78 is 12.2. The fourth-order valence-corrected chi connectivity index (χ4v) is 5.26. The van der Waals surface area contributed by atoms with E-state index in [-0.39, 0.29) is 23.4 Å². The first-order chi connectivity index (χ1) is 16.7. The Labute approximate surface area is 198 Å². The van der Waals surface area contributed by atoms with Crippen LogP contribution in [0.4, 0.5) is 11.0 Å². The number of fused-ring (bicyclic) bond motifs is 3. The molecule has 1 fully saturated rings. The number of carbonyl (C=O) groups is 1. The summed E-state index contributed by atoms with van der Waals surface area (Å²) in [5.41, 5.74) is 1.13. The number of furan rings is 1. The highest BCUT2D eigenvalue weighted by Gasteiger charge is 2.29. The highest BCUT2D eigenvalue weighted by molar-refractivity contribution is 7.22. The van der Waals surface area contributed by atoms with Gasteiger partial charge in [-0.15, -0.1) is 0 Å². The Balaban J connectivity index is 1.15.